The van der Waals surface area contributed by atoms with Crippen LogP contribution < -0.4 is 0 Å². The molecule has 0 spiro atoms. The lowest BCUT2D eigenvalue weighted by Crippen LogP contribution is -1.94. The van der Waals surface area contributed by atoms with Crippen LogP contribution in [0, 0.1) is 18.2 Å². The van der Waals surface area contributed by atoms with E-state index in [1.165, 1.54) is 23.3 Å². The molecule has 0 atom stereocenters. The van der Waals surface area contributed by atoms with Crippen LogP contribution in [0.2, 0.25) is 0 Å². The zero-order valence-corrected chi connectivity index (χ0v) is 13.6. The van der Waals surface area contributed by atoms with Gasteiger partial charge in [-0.3, -0.25) is 0 Å². The molecule has 0 heterocycles. The first kappa shape index (κ1) is 16.7. The van der Waals surface area contributed by atoms with Crippen LogP contribution in [0.4, 0.5) is 4.39 Å². The predicted molar refractivity (Wildman–Crippen MR) is 100 cm³/mol. The normalized spacial score (nSPS) is 11.2. The zero-order chi connectivity index (χ0) is 17.6. The fourth-order valence-electron chi connectivity index (χ4n) is 2.61. The van der Waals surface area contributed by atoms with E-state index >= 15 is 0 Å². The van der Waals surface area contributed by atoms with Gasteiger partial charge in [0.05, 0.1) is 6.61 Å². The SMILES string of the molecule is C#Cc1ccccc1C(=CCO)c1ccc(F)cc1.c1cc2ccc1-2. The van der Waals surface area contributed by atoms with E-state index in [2.05, 4.69) is 30.2 Å². The summed E-state index contributed by atoms with van der Waals surface area (Å²) < 4.78 is 13.0. The first-order valence-corrected chi connectivity index (χ1v) is 7.96. The molecular weight excluding hydrogens is 311 g/mol. The Morgan fingerprint density at radius 1 is 0.920 bits per heavy atom. The Hall–Kier alpha value is -3.15. The van der Waals surface area contributed by atoms with Gasteiger partial charge in [-0.05, 0) is 46.0 Å². The van der Waals surface area contributed by atoms with Crippen LogP contribution in [-0.2, 0) is 0 Å². The van der Waals surface area contributed by atoms with Crippen LogP contribution >= 0.6 is 0 Å². The number of fused-ring (bicyclic) bond motifs is 1. The lowest BCUT2D eigenvalue weighted by Gasteiger charge is -2.10. The second kappa shape index (κ2) is 7.61. The summed E-state index contributed by atoms with van der Waals surface area (Å²) >= 11 is 0. The lowest BCUT2D eigenvalue weighted by molar-refractivity contribution is 0.343. The summed E-state index contributed by atoms with van der Waals surface area (Å²) in [6.45, 7) is -0.106. The molecule has 2 heteroatoms. The average molecular weight is 328 g/mol. The number of rotatable bonds is 3. The predicted octanol–water partition coefficient (Wildman–Crippen LogP) is 4.90. The monoisotopic (exact) mass is 328 g/mol. The maximum absolute atomic E-state index is 13.0. The van der Waals surface area contributed by atoms with Crippen molar-refractivity contribution in [3.63, 3.8) is 0 Å². The Balaban J connectivity index is 0.000000250. The second-order valence-electron chi connectivity index (χ2n) is 5.57. The van der Waals surface area contributed by atoms with Gasteiger partial charge in [0.1, 0.15) is 5.82 Å². The molecule has 0 amide bonds. The molecule has 0 fully saturated rings. The minimum atomic E-state index is -0.294. The van der Waals surface area contributed by atoms with E-state index in [9.17, 15) is 9.50 Å². The number of aliphatic hydroxyl groups is 1. The minimum absolute atomic E-state index is 0.106. The molecule has 4 rings (SSSR count). The molecule has 25 heavy (non-hydrogen) atoms. The van der Waals surface area contributed by atoms with E-state index in [0.717, 1.165) is 22.3 Å². The smallest absolute Gasteiger partial charge is 0.123 e. The van der Waals surface area contributed by atoms with Gasteiger partial charge >= 0.3 is 0 Å². The largest absolute Gasteiger partial charge is 0.392 e. The van der Waals surface area contributed by atoms with Crippen molar-refractivity contribution in [2.75, 3.05) is 6.61 Å². The number of hydrogen-bond acceptors (Lipinski definition) is 1. The Morgan fingerprint density at radius 3 is 2.00 bits per heavy atom. The van der Waals surface area contributed by atoms with Crippen LogP contribution in [-0.4, -0.2) is 11.7 Å². The molecular formula is C23H17FO. The number of aliphatic hydroxyl groups excluding tert-OH is 1. The van der Waals surface area contributed by atoms with Crippen LogP contribution in [0.1, 0.15) is 16.7 Å². The number of benzene rings is 3. The maximum atomic E-state index is 13.0. The molecule has 2 aromatic carbocycles. The highest BCUT2D eigenvalue weighted by Gasteiger charge is 2.08. The van der Waals surface area contributed by atoms with Crippen LogP contribution in [0.3, 0.4) is 0 Å². The maximum Gasteiger partial charge on any atom is 0.123 e. The molecule has 2 aromatic rings. The van der Waals surface area contributed by atoms with Crippen molar-refractivity contribution in [2.45, 2.75) is 0 Å². The van der Waals surface area contributed by atoms with E-state index in [0.29, 0.717) is 0 Å². The molecule has 0 aromatic heterocycles. The van der Waals surface area contributed by atoms with Crippen LogP contribution in [0.25, 0.3) is 16.7 Å². The lowest BCUT2D eigenvalue weighted by atomic mass is 9.94. The quantitative estimate of drug-likeness (QED) is 0.531. The molecule has 0 unspecified atom stereocenters. The first-order chi connectivity index (χ1) is 12.2. The third-order valence-electron chi connectivity index (χ3n) is 4.04. The fraction of sp³-hybridized carbons (Fsp3) is 0.0435. The number of terminal acetylenes is 1. The fourth-order valence-corrected chi connectivity index (χ4v) is 2.61. The molecule has 2 aliphatic carbocycles. The molecule has 0 saturated heterocycles. The highest BCUT2D eigenvalue weighted by atomic mass is 19.1. The molecule has 0 bridgehead atoms. The Labute approximate surface area is 147 Å². The highest BCUT2D eigenvalue weighted by Crippen LogP contribution is 2.29. The van der Waals surface area contributed by atoms with Crippen LogP contribution in [0.15, 0.2) is 78.9 Å². The second-order valence-corrected chi connectivity index (χ2v) is 5.57. The van der Waals surface area contributed by atoms with Crippen LogP contribution in [0.5, 0.6) is 0 Å². The summed E-state index contributed by atoms with van der Waals surface area (Å²) in [4.78, 5) is 0. The van der Waals surface area contributed by atoms with Crippen molar-refractivity contribution in [1.29, 1.82) is 0 Å². The number of hydrogen-bond donors (Lipinski definition) is 1. The molecule has 1 N–H and O–H groups in total. The topological polar surface area (TPSA) is 20.2 Å². The molecule has 0 radical (unpaired) electrons. The molecule has 0 saturated carbocycles. The van der Waals surface area contributed by atoms with E-state index < -0.39 is 0 Å². The summed E-state index contributed by atoms with van der Waals surface area (Å²) in [5.41, 5.74) is 6.07. The Bertz CT molecular complexity index is 908. The van der Waals surface area contributed by atoms with E-state index in [1.54, 1.807) is 18.2 Å². The van der Waals surface area contributed by atoms with Gasteiger partial charge in [0, 0.05) is 5.56 Å². The molecule has 1 nitrogen and oxygen atoms in total. The summed E-state index contributed by atoms with van der Waals surface area (Å²) in [6, 6.07) is 22.1. The van der Waals surface area contributed by atoms with Gasteiger partial charge in [-0.1, -0.05) is 66.6 Å². The zero-order valence-electron chi connectivity index (χ0n) is 13.6. The van der Waals surface area contributed by atoms with Gasteiger partial charge in [-0.15, -0.1) is 6.42 Å². The van der Waals surface area contributed by atoms with Gasteiger partial charge in [0.25, 0.3) is 0 Å². The van der Waals surface area contributed by atoms with E-state index in [-0.39, 0.29) is 12.4 Å². The van der Waals surface area contributed by atoms with Crippen molar-refractivity contribution in [3.05, 3.63) is 101 Å². The average Bonchev–Trinajstić information content (AvgIpc) is 2.64. The van der Waals surface area contributed by atoms with Gasteiger partial charge in [0.15, 0.2) is 0 Å². The molecule has 0 aliphatic heterocycles. The van der Waals surface area contributed by atoms with Crippen molar-refractivity contribution in [1.82, 2.24) is 0 Å². The van der Waals surface area contributed by atoms with Crippen molar-refractivity contribution in [3.8, 4) is 23.5 Å². The third kappa shape index (κ3) is 3.68. The van der Waals surface area contributed by atoms with E-state index in [1.807, 2.05) is 24.3 Å². The summed E-state index contributed by atoms with van der Waals surface area (Å²) in [7, 11) is 0. The molecule has 2 aliphatic rings. The Kier molecular flexibility index (Phi) is 5.09. The van der Waals surface area contributed by atoms with Crippen molar-refractivity contribution >= 4 is 5.57 Å². The standard InChI is InChI=1S/C17H13FO.C6H4/c1-2-13-5-3-4-6-16(13)17(11-12-19)14-7-9-15(18)10-8-14;1-2-6-4-3-5(1)6/h1,3-11,19H,12H2;1-4H. The van der Waals surface area contributed by atoms with E-state index in [4.69, 9.17) is 6.42 Å². The third-order valence-corrected chi connectivity index (χ3v) is 4.04. The van der Waals surface area contributed by atoms with Crippen molar-refractivity contribution in [2.24, 2.45) is 0 Å². The van der Waals surface area contributed by atoms with Gasteiger partial charge < -0.3 is 5.11 Å². The Morgan fingerprint density at radius 2 is 1.52 bits per heavy atom. The van der Waals surface area contributed by atoms with Gasteiger partial charge in [-0.2, -0.15) is 0 Å². The van der Waals surface area contributed by atoms with Crippen molar-refractivity contribution < 1.29 is 9.50 Å². The summed E-state index contributed by atoms with van der Waals surface area (Å²) in [5.74, 6) is 2.32. The van der Waals surface area contributed by atoms with Gasteiger partial charge in [0.2, 0.25) is 0 Å². The summed E-state index contributed by atoms with van der Waals surface area (Å²) in [5, 5.41) is 9.18. The first-order valence-electron chi connectivity index (χ1n) is 7.96. The minimum Gasteiger partial charge on any atom is -0.392 e. The highest BCUT2D eigenvalue weighted by molar-refractivity contribution is 5.82. The summed E-state index contributed by atoms with van der Waals surface area (Å²) in [6.07, 6.45) is 7.16. The van der Waals surface area contributed by atoms with Gasteiger partial charge in [-0.25, -0.2) is 4.39 Å². The molecule has 122 valence electrons. The number of halogens is 1.